The molecule has 0 aliphatic carbocycles. The first-order valence-electron chi connectivity index (χ1n) is 7.56. The van der Waals surface area contributed by atoms with Crippen LogP contribution in [0.5, 0.6) is 0 Å². The summed E-state index contributed by atoms with van der Waals surface area (Å²) in [5.74, 6) is -0.266. The van der Waals surface area contributed by atoms with Gasteiger partial charge in [0.2, 0.25) is 11.8 Å². The molecule has 1 saturated heterocycles. The summed E-state index contributed by atoms with van der Waals surface area (Å²) in [6.07, 6.45) is 2.39. The van der Waals surface area contributed by atoms with Crippen LogP contribution in [0.3, 0.4) is 0 Å². The maximum Gasteiger partial charge on any atom is 0.247 e. The Hall–Kier alpha value is -1.88. The molecule has 0 saturated carbocycles. The normalized spacial score (nSPS) is 19.6. The molecule has 1 unspecified atom stereocenters. The summed E-state index contributed by atoms with van der Waals surface area (Å²) in [5.41, 5.74) is 0.806. The Balaban J connectivity index is 2.06. The number of amides is 2. The van der Waals surface area contributed by atoms with Gasteiger partial charge >= 0.3 is 0 Å². The Kier molecular flexibility index (Phi) is 5.75. The van der Waals surface area contributed by atoms with Crippen molar-refractivity contribution in [1.82, 2.24) is 16.0 Å². The van der Waals surface area contributed by atoms with Gasteiger partial charge in [-0.05, 0) is 24.9 Å². The highest BCUT2D eigenvalue weighted by Gasteiger charge is 2.25. The first-order chi connectivity index (χ1) is 10.2. The lowest BCUT2D eigenvalue weighted by atomic mass is 10.0. The zero-order valence-corrected chi connectivity index (χ0v) is 12.4. The minimum Gasteiger partial charge on any atom is -0.350 e. The molecule has 2 amide bonds. The van der Waals surface area contributed by atoms with E-state index in [4.69, 9.17) is 0 Å². The van der Waals surface area contributed by atoms with Crippen molar-refractivity contribution >= 4 is 11.8 Å². The summed E-state index contributed by atoms with van der Waals surface area (Å²) >= 11 is 0. The van der Waals surface area contributed by atoms with Crippen molar-refractivity contribution in [3.05, 3.63) is 35.9 Å². The van der Waals surface area contributed by atoms with Gasteiger partial charge in [-0.3, -0.25) is 9.59 Å². The lowest BCUT2D eigenvalue weighted by Crippen LogP contribution is -2.49. The SMILES string of the molecule is CCC(=O)NC(C(=O)N[C@H]1CCCNC1)c1ccccc1. The Morgan fingerprint density at radius 3 is 2.71 bits per heavy atom. The molecule has 0 spiro atoms. The van der Waals surface area contributed by atoms with E-state index in [2.05, 4.69) is 16.0 Å². The molecule has 0 aromatic heterocycles. The number of carbonyl (C=O) groups is 2. The smallest absolute Gasteiger partial charge is 0.247 e. The van der Waals surface area contributed by atoms with Crippen LogP contribution in [0.1, 0.15) is 37.8 Å². The number of hydrogen-bond acceptors (Lipinski definition) is 3. The van der Waals surface area contributed by atoms with Crippen LogP contribution >= 0.6 is 0 Å². The first-order valence-corrected chi connectivity index (χ1v) is 7.56. The second-order valence-electron chi connectivity index (χ2n) is 5.32. The molecular weight excluding hydrogens is 266 g/mol. The lowest BCUT2D eigenvalue weighted by molar-refractivity contribution is -0.129. The van der Waals surface area contributed by atoms with Gasteiger partial charge in [-0.2, -0.15) is 0 Å². The second-order valence-corrected chi connectivity index (χ2v) is 5.32. The van der Waals surface area contributed by atoms with Gasteiger partial charge in [-0.15, -0.1) is 0 Å². The average molecular weight is 289 g/mol. The fourth-order valence-electron chi connectivity index (χ4n) is 2.47. The van der Waals surface area contributed by atoms with Crippen molar-refractivity contribution in [2.45, 2.75) is 38.3 Å². The first kappa shape index (κ1) is 15.5. The molecule has 1 heterocycles. The van der Waals surface area contributed by atoms with E-state index in [1.807, 2.05) is 30.3 Å². The van der Waals surface area contributed by atoms with Crippen molar-refractivity contribution in [2.75, 3.05) is 13.1 Å². The predicted octanol–water partition coefficient (Wildman–Crippen LogP) is 1.12. The van der Waals surface area contributed by atoms with E-state index in [1.165, 1.54) is 0 Å². The molecule has 2 atom stereocenters. The maximum absolute atomic E-state index is 12.5. The van der Waals surface area contributed by atoms with E-state index in [0.29, 0.717) is 6.42 Å². The summed E-state index contributed by atoms with van der Waals surface area (Å²) in [6, 6.07) is 8.87. The fraction of sp³-hybridized carbons (Fsp3) is 0.500. The van der Waals surface area contributed by atoms with Crippen LogP contribution in [0.4, 0.5) is 0 Å². The molecule has 1 aliphatic rings. The maximum atomic E-state index is 12.5. The Morgan fingerprint density at radius 1 is 1.33 bits per heavy atom. The number of piperidine rings is 1. The van der Waals surface area contributed by atoms with Gasteiger partial charge in [-0.25, -0.2) is 0 Å². The summed E-state index contributed by atoms with van der Waals surface area (Å²) in [7, 11) is 0. The van der Waals surface area contributed by atoms with E-state index < -0.39 is 6.04 Å². The number of hydrogen-bond donors (Lipinski definition) is 3. The summed E-state index contributed by atoms with van der Waals surface area (Å²) in [5, 5.41) is 9.10. The Bertz CT molecular complexity index is 470. The summed E-state index contributed by atoms with van der Waals surface area (Å²) < 4.78 is 0. The molecule has 5 nitrogen and oxygen atoms in total. The molecule has 3 N–H and O–H groups in total. The van der Waals surface area contributed by atoms with Crippen LogP contribution in [0, 0.1) is 0 Å². The van der Waals surface area contributed by atoms with Gasteiger partial charge in [0.25, 0.3) is 0 Å². The number of nitrogens with one attached hydrogen (secondary N) is 3. The van der Waals surface area contributed by atoms with Crippen LogP contribution in [0.25, 0.3) is 0 Å². The molecule has 1 aliphatic heterocycles. The summed E-state index contributed by atoms with van der Waals surface area (Å²) in [4.78, 5) is 24.2. The minimum absolute atomic E-state index is 0.124. The predicted molar refractivity (Wildman–Crippen MR) is 81.7 cm³/mol. The zero-order chi connectivity index (χ0) is 15.1. The van der Waals surface area contributed by atoms with E-state index in [-0.39, 0.29) is 17.9 Å². The van der Waals surface area contributed by atoms with Crippen molar-refractivity contribution in [3.63, 3.8) is 0 Å². The highest BCUT2D eigenvalue weighted by atomic mass is 16.2. The summed E-state index contributed by atoms with van der Waals surface area (Å²) in [6.45, 7) is 3.57. The third-order valence-corrected chi connectivity index (χ3v) is 3.66. The van der Waals surface area contributed by atoms with Crippen molar-refractivity contribution in [2.24, 2.45) is 0 Å². The highest BCUT2D eigenvalue weighted by molar-refractivity contribution is 5.88. The Morgan fingerprint density at radius 2 is 2.10 bits per heavy atom. The molecule has 1 aromatic rings. The van der Waals surface area contributed by atoms with Gasteiger partial charge in [0.15, 0.2) is 0 Å². The van der Waals surface area contributed by atoms with Crippen LogP contribution < -0.4 is 16.0 Å². The Labute approximate surface area is 125 Å². The van der Waals surface area contributed by atoms with Crippen molar-refractivity contribution < 1.29 is 9.59 Å². The molecule has 114 valence electrons. The van der Waals surface area contributed by atoms with Crippen LogP contribution in [0.2, 0.25) is 0 Å². The standard InChI is InChI=1S/C16H23N3O2/c1-2-14(20)19-15(12-7-4-3-5-8-12)16(21)18-13-9-6-10-17-11-13/h3-5,7-8,13,15,17H,2,6,9-11H2,1H3,(H,18,21)(H,19,20)/t13-,15?/m0/s1. The zero-order valence-electron chi connectivity index (χ0n) is 12.4. The third kappa shape index (κ3) is 4.56. The second kappa shape index (κ2) is 7.78. The number of benzene rings is 1. The number of carbonyl (C=O) groups excluding carboxylic acids is 2. The largest absolute Gasteiger partial charge is 0.350 e. The lowest BCUT2D eigenvalue weighted by Gasteiger charge is -2.26. The molecule has 2 rings (SSSR count). The monoisotopic (exact) mass is 289 g/mol. The molecule has 0 radical (unpaired) electrons. The average Bonchev–Trinajstić information content (AvgIpc) is 2.54. The van der Waals surface area contributed by atoms with E-state index in [1.54, 1.807) is 6.92 Å². The molecule has 1 fully saturated rings. The molecule has 21 heavy (non-hydrogen) atoms. The quantitative estimate of drug-likeness (QED) is 0.761. The number of rotatable bonds is 5. The van der Waals surface area contributed by atoms with Gasteiger partial charge in [0.1, 0.15) is 6.04 Å². The topological polar surface area (TPSA) is 70.2 Å². The van der Waals surface area contributed by atoms with Gasteiger partial charge in [-0.1, -0.05) is 37.3 Å². The third-order valence-electron chi connectivity index (χ3n) is 3.66. The van der Waals surface area contributed by atoms with E-state index >= 15 is 0 Å². The van der Waals surface area contributed by atoms with Crippen molar-refractivity contribution in [3.8, 4) is 0 Å². The fourth-order valence-corrected chi connectivity index (χ4v) is 2.47. The van der Waals surface area contributed by atoms with E-state index in [0.717, 1.165) is 31.5 Å². The minimum atomic E-state index is -0.624. The molecule has 1 aromatic carbocycles. The van der Waals surface area contributed by atoms with Crippen LogP contribution in [-0.2, 0) is 9.59 Å². The highest BCUT2D eigenvalue weighted by Crippen LogP contribution is 2.14. The van der Waals surface area contributed by atoms with Crippen LogP contribution in [0.15, 0.2) is 30.3 Å². The molecular formula is C16H23N3O2. The molecule has 0 bridgehead atoms. The van der Waals surface area contributed by atoms with Gasteiger partial charge < -0.3 is 16.0 Å². The van der Waals surface area contributed by atoms with Crippen LogP contribution in [-0.4, -0.2) is 30.9 Å². The van der Waals surface area contributed by atoms with E-state index in [9.17, 15) is 9.59 Å². The van der Waals surface area contributed by atoms with Gasteiger partial charge in [0.05, 0.1) is 0 Å². The molecule has 5 heteroatoms. The van der Waals surface area contributed by atoms with Gasteiger partial charge in [0, 0.05) is 19.0 Å². The van der Waals surface area contributed by atoms with Crippen molar-refractivity contribution in [1.29, 1.82) is 0 Å².